The molecule has 26 heavy (non-hydrogen) atoms. The number of carbonyl (C=O) groups is 2. The van der Waals surface area contributed by atoms with Gasteiger partial charge in [0.25, 0.3) is 5.91 Å². The Bertz CT molecular complexity index is 810. The summed E-state index contributed by atoms with van der Waals surface area (Å²) in [6.07, 6.45) is 0.649. The number of hydrogen-bond acceptors (Lipinski definition) is 3. The molecule has 0 bridgehead atoms. The monoisotopic (exact) mass is 353 g/mol. The summed E-state index contributed by atoms with van der Waals surface area (Å²) in [7, 11) is 0. The van der Waals surface area contributed by atoms with Gasteiger partial charge in [0.2, 0.25) is 0 Å². The summed E-state index contributed by atoms with van der Waals surface area (Å²) < 4.78 is 0. The van der Waals surface area contributed by atoms with Crippen molar-refractivity contribution in [3.8, 4) is 0 Å². The van der Waals surface area contributed by atoms with Gasteiger partial charge in [-0.3, -0.25) is 9.59 Å². The third-order valence-corrected chi connectivity index (χ3v) is 5.47. The molecule has 1 aromatic heterocycles. The van der Waals surface area contributed by atoms with Crippen molar-refractivity contribution in [2.24, 2.45) is 11.7 Å². The molecule has 5 nitrogen and oxygen atoms in total. The number of nitrogens with two attached hydrogens (primary N) is 1. The standard InChI is InChI=1S/C21H27N3O2/c1-4-17-19(14(3)25)13(2)23-20(17)21(26)24-11-16(10-22)18(12-24)15-8-6-5-7-9-15/h5-9,16,18,23H,4,10-12,22H2,1-3H3/t16-,18+/m1/s1. The van der Waals surface area contributed by atoms with Crippen molar-refractivity contribution in [2.45, 2.75) is 33.1 Å². The predicted molar refractivity (Wildman–Crippen MR) is 103 cm³/mol. The number of Topliss-reactive ketones (excluding diaryl/α,β-unsaturated/α-hetero) is 1. The van der Waals surface area contributed by atoms with Gasteiger partial charge in [-0.25, -0.2) is 0 Å². The number of rotatable bonds is 5. The summed E-state index contributed by atoms with van der Waals surface area (Å²) in [6, 6.07) is 10.3. The van der Waals surface area contributed by atoms with E-state index in [-0.39, 0.29) is 23.5 Å². The molecule has 0 radical (unpaired) electrons. The van der Waals surface area contributed by atoms with Crippen LogP contribution in [-0.4, -0.2) is 41.2 Å². The van der Waals surface area contributed by atoms with Crippen molar-refractivity contribution in [2.75, 3.05) is 19.6 Å². The highest BCUT2D eigenvalue weighted by atomic mass is 16.2. The zero-order valence-corrected chi connectivity index (χ0v) is 15.7. The van der Waals surface area contributed by atoms with E-state index < -0.39 is 0 Å². The molecule has 3 rings (SSSR count). The summed E-state index contributed by atoms with van der Waals surface area (Å²) in [5, 5.41) is 0. The van der Waals surface area contributed by atoms with Gasteiger partial charge in [-0.05, 0) is 43.9 Å². The summed E-state index contributed by atoms with van der Waals surface area (Å²) in [6.45, 7) is 7.23. The van der Waals surface area contributed by atoms with Crippen LogP contribution in [0.2, 0.25) is 0 Å². The highest BCUT2D eigenvalue weighted by Gasteiger charge is 2.37. The Morgan fingerprint density at radius 2 is 1.92 bits per heavy atom. The van der Waals surface area contributed by atoms with E-state index in [0.29, 0.717) is 37.3 Å². The molecule has 138 valence electrons. The Kier molecular flexibility index (Phi) is 5.28. The van der Waals surface area contributed by atoms with E-state index in [1.165, 1.54) is 5.56 Å². The number of benzene rings is 1. The van der Waals surface area contributed by atoms with E-state index in [4.69, 9.17) is 5.73 Å². The molecule has 0 spiro atoms. The Labute approximate surface area is 154 Å². The molecule has 1 aliphatic rings. The Hall–Kier alpha value is -2.40. The van der Waals surface area contributed by atoms with Crippen LogP contribution in [0.5, 0.6) is 0 Å². The van der Waals surface area contributed by atoms with Crippen molar-refractivity contribution in [1.29, 1.82) is 0 Å². The highest BCUT2D eigenvalue weighted by molar-refractivity contribution is 6.02. The fourth-order valence-electron chi connectivity index (χ4n) is 4.20. The van der Waals surface area contributed by atoms with E-state index in [0.717, 1.165) is 11.3 Å². The molecule has 2 atom stereocenters. The minimum absolute atomic E-state index is 0.00179. The van der Waals surface area contributed by atoms with Gasteiger partial charge >= 0.3 is 0 Å². The number of carbonyl (C=O) groups excluding carboxylic acids is 2. The Morgan fingerprint density at radius 3 is 2.50 bits per heavy atom. The van der Waals surface area contributed by atoms with Gasteiger partial charge < -0.3 is 15.6 Å². The molecule has 1 fully saturated rings. The van der Waals surface area contributed by atoms with Crippen LogP contribution in [-0.2, 0) is 6.42 Å². The molecule has 0 unspecified atom stereocenters. The van der Waals surface area contributed by atoms with Crippen LogP contribution in [0, 0.1) is 12.8 Å². The molecular weight excluding hydrogens is 326 g/mol. The predicted octanol–water partition coefficient (Wildman–Crippen LogP) is 2.90. The van der Waals surface area contributed by atoms with Crippen molar-refractivity contribution in [3.63, 3.8) is 0 Å². The number of aromatic nitrogens is 1. The smallest absolute Gasteiger partial charge is 0.270 e. The molecule has 1 aliphatic heterocycles. The quantitative estimate of drug-likeness (QED) is 0.811. The van der Waals surface area contributed by atoms with Crippen molar-refractivity contribution in [1.82, 2.24) is 9.88 Å². The number of aromatic amines is 1. The van der Waals surface area contributed by atoms with Crippen LogP contribution in [0.4, 0.5) is 0 Å². The van der Waals surface area contributed by atoms with Crippen LogP contribution in [0.15, 0.2) is 30.3 Å². The minimum Gasteiger partial charge on any atom is -0.354 e. The van der Waals surface area contributed by atoms with E-state index in [1.807, 2.05) is 36.9 Å². The highest BCUT2D eigenvalue weighted by Crippen LogP contribution is 2.33. The molecule has 1 aromatic carbocycles. The van der Waals surface area contributed by atoms with Crippen molar-refractivity contribution >= 4 is 11.7 Å². The molecule has 1 amide bonds. The van der Waals surface area contributed by atoms with Gasteiger partial charge in [-0.15, -0.1) is 0 Å². The molecule has 1 saturated heterocycles. The SMILES string of the molecule is CCc1c(C(=O)N2C[C@@H](CN)[C@H](c3ccccc3)C2)[nH]c(C)c1C(C)=O. The number of aryl methyl sites for hydroxylation is 1. The number of nitrogens with one attached hydrogen (secondary N) is 1. The second kappa shape index (κ2) is 7.46. The Balaban J connectivity index is 1.90. The van der Waals surface area contributed by atoms with Crippen LogP contribution in [0.3, 0.4) is 0 Å². The number of hydrogen-bond donors (Lipinski definition) is 2. The fourth-order valence-corrected chi connectivity index (χ4v) is 4.20. The van der Waals surface area contributed by atoms with E-state index in [1.54, 1.807) is 6.92 Å². The van der Waals surface area contributed by atoms with Gasteiger partial charge in [-0.1, -0.05) is 37.3 Å². The number of likely N-dealkylation sites (tertiary alicyclic amines) is 1. The number of H-pyrrole nitrogens is 1. The summed E-state index contributed by atoms with van der Waals surface area (Å²) in [4.78, 5) is 30.2. The van der Waals surface area contributed by atoms with Crippen LogP contribution in [0.1, 0.15) is 57.4 Å². The molecule has 5 heteroatoms. The number of amides is 1. The average molecular weight is 353 g/mol. The Morgan fingerprint density at radius 1 is 1.23 bits per heavy atom. The first-order chi connectivity index (χ1) is 12.5. The van der Waals surface area contributed by atoms with Gasteiger partial charge in [0.15, 0.2) is 5.78 Å². The molecule has 0 aliphatic carbocycles. The first-order valence-corrected chi connectivity index (χ1v) is 9.24. The lowest BCUT2D eigenvalue weighted by atomic mass is 9.89. The summed E-state index contributed by atoms with van der Waals surface area (Å²) >= 11 is 0. The lowest BCUT2D eigenvalue weighted by Crippen LogP contribution is -2.30. The largest absolute Gasteiger partial charge is 0.354 e. The van der Waals surface area contributed by atoms with Crippen molar-refractivity contribution in [3.05, 3.63) is 58.4 Å². The molecule has 2 aromatic rings. The van der Waals surface area contributed by atoms with Gasteiger partial charge in [0.05, 0.1) is 0 Å². The first-order valence-electron chi connectivity index (χ1n) is 9.24. The van der Waals surface area contributed by atoms with Crippen molar-refractivity contribution < 1.29 is 9.59 Å². The molecule has 2 heterocycles. The third-order valence-electron chi connectivity index (χ3n) is 5.47. The molecule has 0 saturated carbocycles. The average Bonchev–Trinajstić information content (AvgIpc) is 3.22. The molecular formula is C21H27N3O2. The third kappa shape index (κ3) is 3.19. The fraction of sp³-hybridized carbons (Fsp3) is 0.429. The lowest BCUT2D eigenvalue weighted by molar-refractivity contribution is 0.0780. The summed E-state index contributed by atoms with van der Waals surface area (Å²) in [5.41, 5.74) is 10.0. The van der Waals surface area contributed by atoms with Gasteiger partial charge in [-0.2, -0.15) is 0 Å². The zero-order chi connectivity index (χ0) is 18.8. The zero-order valence-electron chi connectivity index (χ0n) is 15.7. The maximum atomic E-state index is 13.2. The topological polar surface area (TPSA) is 79.2 Å². The van der Waals surface area contributed by atoms with E-state index >= 15 is 0 Å². The summed E-state index contributed by atoms with van der Waals surface area (Å²) in [5.74, 6) is 0.459. The van der Waals surface area contributed by atoms with Gasteiger partial charge in [0.1, 0.15) is 5.69 Å². The number of ketones is 1. The second-order valence-electron chi connectivity index (χ2n) is 7.11. The van der Waals surface area contributed by atoms with Gasteiger partial charge in [0, 0.05) is 30.3 Å². The minimum atomic E-state index is -0.0330. The van der Waals surface area contributed by atoms with E-state index in [9.17, 15) is 9.59 Å². The normalized spacial score (nSPS) is 19.8. The second-order valence-corrected chi connectivity index (χ2v) is 7.11. The maximum Gasteiger partial charge on any atom is 0.270 e. The lowest BCUT2D eigenvalue weighted by Gasteiger charge is -2.17. The first kappa shape index (κ1) is 18.4. The molecule has 3 N–H and O–H groups in total. The number of nitrogens with zero attached hydrogens (tertiary/aromatic N) is 1. The van der Waals surface area contributed by atoms with Crippen LogP contribution in [0.25, 0.3) is 0 Å². The van der Waals surface area contributed by atoms with E-state index in [2.05, 4.69) is 17.1 Å². The maximum absolute atomic E-state index is 13.2. The van der Waals surface area contributed by atoms with Crippen LogP contribution < -0.4 is 5.73 Å². The van der Waals surface area contributed by atoms with Crippen LogP contribution >= 0.6 is 0 Å².